The van der Waals surface area contributed by atoms with Crippen molar-refractivity contribution in [3.63, 3.8) is 0 Å². The van der Waals surface area contributed by atoms with E-state index in [4.69, 9.17) is 13.6 Å². The predicted molar refractivity (Wildman–Crippen MR) is 133 cm³/mol. The zero-order valence-corrected chi connectivity index (χ0v) is 21.1. The van der Waals surface area contributed by atoms with Crippen molar-refractivity contribution >= 4 is 5.91 Å². The summed E-state index contributed by atoms with van der Waals surface area (Å²) in [6.45, 7) is 3.96. The molecular weight excluding hydrogens is 531 g/mol. The number of amides is 1. The fourth-order valence-corrected chi connectivity index (χ4v) is 3.85. The SMILES string of the molecule is CC(C)c1cc(CNC(=O)C(O)c2ccc(-c3noc(-c4onc(-c5ccccc5)c4C(F)(F)F)n3)cc2)on1. The number of rotatable bonds is 8. The van der Waals surface area contributed by atoms with E-state index in [0.717, 1.165) is 5.69 Å². The van der Waals surface area contributed by atoms with Crippen molar-refractivity contribution in [1.29, 1.82) is 0 Å². The minimum absolute atomic E-state index is 0.0300. The highest BCUT2D eigenvalue weighted by molar-refractivity contribution is 5.82. The maximum atomic E-state index is 14.0. The Bertz CT molecular complexity index is 1610. The molecule has 0 aliphatic rings. The van der Waals surface area contributed by atoms with E-state index in [1.165, 1.54) is 36.4 Å². The number of nitrogens with one attached hydrogen (secondary N) is 1. The lowest BCUT2D eigenvalue weighted by Crippen LogP contribution is -2.28. The van der Waals surface area contributed by atoms with Gasteiger partial charge in [-0.2, -0.15) is 18.2 Å². The molecule has 10 nitrogen and oxygen atoms in total. The first-order valence-electron chi connectivity index (χ1n) is 12.1. The standard InChI is InChI=1S/C27H22F3N5O5/c1-14(2)19-12-18(38-33-19)13-31-25(37)22(36)16-8-10-17(11-9-16)24-32-26(40-35-24)23-20(27(28,29)30)21(34-39-23)15-6-4-3-5-7-15/h3-12,14,22,36H,13H2,1-2H3,(H,31,37). The normalized spacial score (nSPS) is 12.6. The van der Waals surface area contributed by atoms with Gasteiger partial charge in [-0.15, -0.1) is 0 Å². The van der Waals surface area contributed by atoms with Crippen LogP contribution in [-0.4, -0.2) is 31.5 Å². The molecule has 0 saturated carbocycles. The second kappa shape index (κ2) is 10.8. The highest BCUT2D eigenvalue weighted by Gasteiger charge is 2.43. The molecule has 0 bridgehead atoms. The molecule has 206 valence electrons. The first kappa shape index (κ1) is 26.8. The van der Waals surface area contributed by atoms with Crippen molar-refractivity contribution in [2.45, 2.75) is 38.6 Å². The monoisotopic (exact) mass is 553 g/mol. The Morgan fingerprint density at radius 2 is 1.68 bits per heavy atom. The van der Waals surface area contributed by atoms with Crippen molar-refractivity contribution in [1.82, 2.24) is 25.8 Å². The number of hydrogen-bond donors (Lipinski definition) is 2. The van der Waals surface area contributed by atoms with Gasteiger partial charge in [-0.3, -0.25) is 4.79 Å². The Morgan fingerprint density at radius 3 is 2.33 bits per heavy atom. The third kappa shape index (κ3) is 5.50. The molecule has 0 saturated heterocycles. The summed E-state index contributed by atoms with van der Waals surface area (Å²) in [6, 6.07) is 15.4. The minimum atomic E-state index is -4.81. The third-order valence-corrected chi connectivity index (χ3v) is 5.98. The molecule has 0 aliphatic carbocycles. The largest absolute Gasteiger partial charge is 0.422 e. The lowest BCUT2D eigenvalue weighted by atomic mass is 10.1. The lowest BCUT2D eigenvalue weighted by molar-refractivity contribution is -0.137. The molecule has 1 amide bonds. The zero-order valence-electron chi connectivity index (χ0n) is 21.1. The van der Waals surface area contributed by atoms with Crippen LogP contribution in [0.5, 0.6) is 0 Å². The van der Waals surface area contributed by atoms with E-state index in [9.17, 15) is 23.1 Å². The maximum Gasteiger partial charge on any atom is 0.422 e. The molecule has 5 rings (SSSR count). The topological polar surface area (TPSA) is 140 Å². The van der Waals surface area contributed by atoms with Gasteiger partial charge in [-0.1, -0.05) is 83.9 Å². The third-order valence-electron chi connectivity index (χ3n) is 5.98. The van der Waals surface area contributed by atoms with Gasteiger partial charge in [-0.25, -0.2) is 0 Å². The van der Waals surface area contributed by atoms with Gasteiger partial charge in [-0.05, 0) is 11.5 Å². The van der Waals surface area contributed by atoms with Crippen LogP contribution in [0.25, 0.3) is 34.3 Å². The van der Waals surface area contributed by atoms with E-state index < -0.39 is 41.1 Å². The molecule has 0 aliphatic heterocycles. The zero-order chi connectivity index (χ0) is 28.4. The summed E-state index contributed by atoms with van der Waals surface area (Å²) >= 11 is 0. The lowest BCUT2D eigenvalue weighted by Gasteiger charge is -2.11. The maximum absolute atomic E-state index is 14.0. The number of alkyl halides is 3. The summed E-state index contributed by atoms with van der Waals surface area (Å²) in [5.74, 6) is -1.28. The Balaban J connectivity index is 1.31. The Kier molecular flexibility index (Phi) is 7.22. The summed E-state index contributed by atoms with van der Waals surface area (Å²) in [4.78, 5) is 16.5. The molecule has 0 spiro atoms. The number of hydrogen-bond acceptors (Lipinski definition) is 9. The summed E-state index contributed by atoms with van der Waals surface area (Å²) in [5.41, 5.74) is 0.0637. The van der Waals surface area contributed by atoms with Gasteiger partial charge in [0.1, 0.15) is 11.3 Å². The summed E-state index contributed by atoms with van der Waals surface area (Å²) in [6.07, 6.45) is -6.29. The Labute approximate surface area is 224 Å². The van der Waals surface area contributed by atoms with E-state index >= 15 is 0 Å². The fourth-order valence-electron chi connectivity index (χ4n) is 3.85. The van der Waals surface area contributed by atoms with Crippen LogP contribution in [0.1, 0.15) is 48.5 Å². The van der Waals surface area contributed by atoms with E-state index in [-0.39, 0.29) is 29.4 Å². The number of carbonyl (C=O) groups is 1. The number of aliphatic hydroxyl groups is 1. The van der Waals surface area contributed by atoms with Gasteiger partial charge in [0.2, 0.25) is 11.6 Å². The molecule has 2 aromatic carbocycles. The Hall–Kier alpha value is -4.78. The molecular formula is C27H22F3N5O5. The van der Waals surface area contributed by atoms with Gasteiger partial charge in [0.15, 0.2) is 11.9 Å². The van der Waals surface area contributed by atoms with Crippen LogP contribution in [0.4, 0.5) is 13.2 Å². The minimum Gasteiger partial charge on any atom is -0.378 e. The summed E-state index contributed by atoms with van der Waals surface area (Å²) in [5, 5.41) is 24.3. The molecule has 5 aromatic rings. The molecule has 13 heteroatoms. The van der Waals surface area contributed by atoms with E-state index in [2.05, 4.69) is 25.8 Å². The summed E-state index contributed by atoms with van der Waals surface area (Å²) < 4.78 is 57.1. The number of halogens is 3. The van der Waals surface area contributed by atoms with Gasteiger partial charge in [0.05, 0.1) is 12.2 Å². The highest BCUT2D eigenvalue weighted by atomic mass is 19.4. The molecule has 3 heterocycles. The van der Waals surface area contributed by atoms with Gasteiger partial charge >= 0.3 is 6.18 Å². The summed E-state index contributed by atoms with van der Waals surface area (Å²) in [7, 11) is 0. The van der Waals surface area contributed by atoms with Crippen LogP contribution in [-0.2, 0) is 17.5 Å². The molecule has 0 fully saturated rings. The van der Waals surface area contributed by atoms with Crippen LogP contribution in [0.2, 0.25) is 0 Å². The van der Waals surface area contributed by atoms with E-state index in [0.29, 0.717) is 11.3 Å². The quantitative estimate of drug-likeness (QED) is 0.253. The van der Waals surface area contributed by atoms with Crippen LogP contribution >= 0.6 is 0 Å². The van der Waals surface area contributed by atoms with E-state index in [1.54, 1.807) is 24.3 Å². The van der Waals surface area contributed by atoms with Gasteiger partial charge in [0.25, 0.3) is 11.8 Å². The van der Waals surface area contributed by atoms with Gasteiger partial charge < -0.3 is 24.0 Å². The number of benzene rings is 2. The van der Waals surface area contributed by atoms with Gasteiger partial charge in [0, 0.05) is 17.2 Å². The van der Waals surface area contributed by atoms with Crippen LogP contribution < -0.4 is 5.32 Å². The first-order chi connectivity index (χ1) is 19.1. The van der Waals surface area contributed by atoms with Crippen molar-refractivity contribution in [2.24, 2.45) is 0 Å². The molecule has 0 radical (unpaired) electrons. The van der Waals surface area contributed by atoms with Crippen molar-refractivity contribution < 1.29 is 36.6 Å². The fraction of sp³-hybridized carbons (Fsp3) is 0.222. The molecule has 40 heavy (non-hydrogen) atoms. The second-order valence-corrected chi connectivity index (χ2v) is 9.14. The number of nitrogens with zero attached hydrogens (tertiary/aromatic N) is 4. The average Bonchev–Trinajstić information content (AvgIpc) is 3.71. The van der Waals surface area contributed by atoms with Crippen molar-refractivity contribution in [2.75, 3.05) is 0 Å². The van der Waals surface area contributed by atoms with E-state index in [1.807, 2.05) is 13.8 Å². The number of carbonyl (C=O) groups excluding carboxylic acids is 1. The smallest absolute Gasteiger partial charge is 0.378 e. The molecule has 3 aromatic heterocycles. The molecule has 1 unspecified atom stereocenters. The predicted octanol–water partition coefficient (Wildman–Crippen LogP) is 5.54. The van der Waals surface area contributed by atoms with Crippen LogP contribution in [0.3, 0.4) is 0 Å². The average molecular weight is 553 g/mol. The first-order valence-corrected chi connectivity index (χ1v) is 12.1. The van der Waals surface area contributed by atoms with Crippen molar-refractivity contribution in [3.05, 3.63) is 83.2 Å². The molecule has 2 N–H and O–H groups in total. The number of aliphatic hydroxyl groups excluding tert-OH is 1. The highest BCUT2D eigenvalue weighted by Crippen LogP contribution is 2.43. The van der Waals surface area contributed by atoms with Crippen LogP contribution in [0.15, 0.2) is 74.2 Å². The number of aromatic nitrogens is 4. The molecule has 1 atom stereocenters. The Morgan fingerprint density at radius 1 is 0.950 bits per heavy atom. The van der Waals surface area contributed by atoms with Crippen LogP contribution in [0, 0.1) is 0 Å². The van der Waals surface area contributed by atoms with Crippen molar-refractivity contribution in [3.8, 4) is 34.3 Å². The second-order valence-electron chi connectivity index (χ2n) is 9.14.